The first kappa shape index (κ1) is 19.4. The van der Waals surface area contributed by atoms with Gasteiger partial charge in [-0.1, -0.05) is 32.6 Å². The molecule has 1 aromatic heterocycles. The van der Waals surface area contributed by atoms with Crippen molar-refractivity contribution in [3.05, 3.63) is 59.9 Å². The number of hydrazine groups is 1. The first-order valence-electron chi connectivity index (χ1n) is 8.94. The lowest BCUT2D eigenvalue weighted by Crippen LogP contribution is -2.41. The fourth-order valence-electron chi connectivity index (χ4n) is 2.36. The van der Waals surface area contributed by atoms with E-state index < -0.39 is 11.8 Å². The van der Waals surface area contributed by atoms with Gasteiger partial charge < -0.3 is 4.74 Å². The maximum absolute atomic E-state index is 12.1. The Bertz CT molecular complexity index is 687. The van der Waals surface area contributed by atoms with Crippen molar-refractivity contribution in [2.45, 2.75) is 39.0 Å². The van der Waals surface area contributed by atoms with Crippen LogP contribution in [-0.2, 0) is 0 Å². The molecule has 0 saturated heterocycles. The predicted molar refractivity (Wildman–Crippen MR) is 99.9 cm³/mol. The van der Waals surface area contributed by atoms with Gasteiger partial charge in [-0.2, -0.15) is 0 Å². The number of rotatable bonds is 9. The van der Waals surface area contributed by atoms with E-state index >= 15 is 0 Å². The highest BCUT2D eigenvalue weighted by molar-refractivity contribution is 5.99. The van der Waals surface area contributed by atoms with E-state index in [-0.39, 0.29) is 0 Å². The molecule has 0 unspecified atom stereocenters. The van der Waals surface area contributed by atoms with Gasteiger partial charge in [-0.3, -0.25) is 25.4 Å². The van der Waals surface area contributed by atoms with Crippen LogP contribution in [0.2, 0.25) is 0 Å². The average Bonchev–Trinajstić information content (AvgIpc) is 2.69. The Morgan fingerprint density at radius 2 is 1.42 bits per heavy atom. The third-order valence-electron chi connectivity index (χ3n) is 3.87. The van der Waals surface area contributed by atoms with Gasteiger partial charge in [-0.15, -0.1) is 0 Å². The molecule has 26 heavy (non-hydrogen) atoms. The number of pyridine rings is 1. The Morgan fingerprint density at radius 1 is 0.846 bits per heavy atom. The second kappa shape index (κ2) is 10.9. The van der Waals surface area contributed by atoms with Crippen LogP contribution in [0, 0.1) is 0 Å². The van der Waals surface area contributed by atoms with Gasteiger partial charge >= 0.3 is 0 Å². The second-order valence-corrected chi connectivity index (χ2v) is 5.93. The predicted octanol–water partition coefficient (Wildman–Crippen LogP) is 3.51. The van der Waals surface area contributed by atoms with Crippen LogP contribution in [0.15, 0.2) is 48.8 Å². The van der Waals surface area contributed by atoms with Crippen LogP contribution < -0.4 is 15.6 Å². The molecule has 0 spiro atoms. The molecule has 0 aliphatic carbocycles. The Balaban J connectivity index is 1.73. The monoisotopic (exact) mass is 355 g/mol. The molecule has 2 aromatic rings. The molecule has 1 heterocycles. The molecular weight excluding hydrogens is 330 g/mol. The Hall–Kier alpha value is -2.89. The Morgan fingerprint density at radius 3 is 2.04 bits per heavy atom. The Labute approximate surface area is 153 Å². The van der Waals surface area contributed by atoms with E-state index in [9.17, 15) is 9.59 Å². The molecule has 0 saturated carbocycles. The SMILES string of the molecule is CCCCCCCOc1ccc(C(=O)NNC(=O)c2ccncc2)cc1. The van der Waals surface area contributed by atoms with Crippen molar-refractivity contribution in [2.24, 2.45) is 0 Å². The number of benzene rings is 1. The summed E-state index contributed by atoms with van der Waals surface area (Å²) < 4.78 is 5.67. The van der Waals surface area contributed by atoms with Gasteiger partial charge in [0.15, 0.2) is 0 Å². The maximum atomic E-state index is 12.1. The van der Waals surface area contributed by atoms with Gasteiger partial charge in [0, 0.05) is 23.5 Å². The molecule has 2 rings (SSSR count). The van der Waals surface area contributed by atoms with Crippen LogP contribution in [0.1, 0.15) is 59.7 Å². The van der Waals surface area contributed by atoms with Crippen LogP contribution in [0.3, 0.4) is 0 Å². The molecule has 2 N–H and O–H groups in total. The summed E-state index contributed by atoms with van der Waals surface area (Å²) >= 11 is 0. The first-order valence-corrected chi connectivity index (χ1v) is 8.94. The van der Waals surface area contributed by atoms with Crippen molar-refractivity contribution in [3.63, 3.8) is 0 Å². The fraction of sp³-hybridized carbons (Fsp3) is 0.350. The molecule has 138 valence electrons. The zero-order valence-corrected chi connectivity index (χ0v) is 15.0. The molecule has 2 amide bonds. The number of aromatic nitrogens is 1. The lowest BCUT2D eigenvalue weighted by molar-refractivity contribution is 0.0846. The number of nitrogens with zero attached hydrogens (tertiary/aromatic N) is 1. The summed E-state index contributed by atoms with van der Waals surface area (Å²) in [4.78, 5) is 27.8. The molecule has 6 nitrogen and oxygen atoms in total. The van der Waals surface area contributed by atoms with E-state index in [1.807, 2.05) is 0 Å². The zero-order valence-electron chi connectivity index (χ0n) is 15.0. The lowest BCUT2D eigenvalue weighted by Gasteiger charge is -2.09. The molecular formula is C20H25N3O3. The normalized spacial score (nSPS) is 10.2. The molecule has 0 fully saturated rings. The number of unbranched alkanes of at least 4 members (excludes halogenated alkanes) is 4. The van der Waals surface area contributed by atoms with Gasteiger partial charge in [0.25, 0.3) is 11.8 Å². The maximum Gasteiger partial charge on any atom is 0.269 e. The van der Waals surface area contributed by atoms with Gasteiger partial charge in [0.1, 0.15) is 5.75 Å². The smallest absolute Gasteiger partial charge is 0.269 e. The molecule has 0 bridgehead atoms. The highest BCUT2D eigenvalue weighted by Crippen LogP contribution is 2.13. The largest absolute Gasteiger partial charge is 0.494 e. The first-order chi connectivity index (χ1) is 12.7. The van der Waals surface area contributed by atoms with Crippen molar-refractivity contribution >= 4 is 11.8 Å². The number of carbonyl (C=O) groups is 2. The van der Waals surface area contributed by atoms with Crippen molar-refractivity contribution in [1.29, 1.82) is 0 Å². The molecule has 0 radical (unpaired) electrons. The van der Waals surface area contributed by atoms with E-state index in [1.165, 1.54) is 38.1 Å². The van der Waals surface area contributed by atoms with Crippen molar-refractivity contribution in [2.75, 3.05) is 6.61 Å². The van der Waals surface area contributed by atoms with Crippen LogP contribution in [-0.4, -0.2) is 23.4 Å². The topological polar surface area (TPSA) is 80.3 Å². The standard InChI is InChI=1S/C20H25N3O3/c1-2-3-4-5-6-15-26-18-9-7-16(8-10-18)19(24)22-23-20(25)17-11-13-21-14-12-17/h7-14H,2-6,15H2,1H3,(H,22,24)(H,23,25). The summed E-state index contributed by atoms with van der Waals surface area (Å²) in [7, 11) is 0. The number of hydrogen-bond acceptors (Lipinski definition) is 4. The van der Waals surface area contributed by atoms with E-state index in [0.29, 0.717) is 17.7 Å². The molecule has 0 atom stereocenters. The Kier molecular flexibility index (Phi) is 8.12. The minimum absolute atomic E-state index is 0.390. The summed E-state index contributed by atoms with van der Waals surface area (Å²) in [5, 5.41) is 0. The number of amides is 2. The van der Waals surface area contributed by atoms with E-state index in [2.05, 4.69) is 22.8 Å². The van der Waals surface area contributed by atoms with E-state index in [1.54, 1.807) is 36.4 Å². The van der Waals surface area contributed by atoms with E-state index in [4.69, 9.17) is 4.74 Å². The number of nitrogens with one attached hydrogen (secondary N) is 2. The minimum Gasteiger partial charge on any atom is -0.494 e. The molecule has 6 heteroatoms. The minimum atomic E-state index is -0.399. The quantitative estimate of drug-likeness (QED) is 0.533. The third-order valence-corrected chi connectivity index (χ3v) is 3.87. The lowest BCUT2D eigenvalue weighted by atomic mass is 10.2. The number of hydrogen-bond donors (Lipinski definition) is 2. The summed E-state index contributed by atoms with van der Waals surface area (Å²) in [5.74, 6) is -0.0554. The summed E-state index contributed by atoms with van der Waals surface area (Å²) in [5.41, 5.74) is 5.62. The van der Waals surface area contributed by atoms with Crippen molar-refractivity contribution in [1.82, 2.24) is 15.8 Å². The highest BCUT2D eigenvalue weighted by Gasteiger charge is 2.09. The summed E-state index contributed by atoms with van der Waals surface area (Å²) in [6.07, 6.45) is 8.96. The van der Waals surface area contributed by atoms with Crippen molar-refractivity contribution in [3.8, 4) is 5.75 Å². The number of carbonyl (C=O) groups excluding carboxylic acids is 2. The second-order valence-electron chi connectivity index (χ2n) is 5.93. The van der Waals surface area contributed by atoms with Crippen molar-refractivity contribution < 1.29 is 14.3 Å². The molecule has 0 aliphatic rings. The zero-order chi connectivity index (χ0) is 18.6. The molecule has 1 aromatic carbocycles. The molecule has 0 aliphatic heterocycles. The average molecular weight is 355 g/mol. The van der Waals surface area contributed by atoms with Crippen LogP contribution >= 0.6 is 0 Å². The van der Waals surface area contributed by atoms with Gasteiger partial charge in [-0.25, -0.2) is 0 Å². The summed E-state index contributed by atoms with van der Waals surface area (Å²) in [6, 6.07) is 9.98. The number of ether oxygens (including phenoxy) is 1. The van der Waals surface area contributed by atoms with Gasteiger partial charge in [-0.05, 0) is 42.8 Å². The van der Waals surface area contributed by atoms with Gasteiger partial charge in [0.2, 0.25) is 0 Å². The van der Waals surface area contributed by atoms with Crippen LogP contribution in [0.5, 0.6) is 5.75 Å². The third kappa shape index (κ3) is 6.55. The van der Waals surface area contributed by atoms with Crippen LogP contribution in [0.25, 0.3) is 0 Å². The van der Waals surface area contributed by atoms with Crippen LogP contribution in [0.4, 0.5) is 0 Å². The van der Waals surface area contributed by atoms with E-state index in [0.717, 1.165) is 12.2 Å². The fourth-order valence-corrected chi connectivity index (χ4v) is 2.36. The van der Waals surface area contributed by atoms with Gasteiger partial charge in [0.05, 0.1) is 6.61 Å². The summed E-state index contributed by atoms with van der Waals surface area (Å²) in [6.45, 7) is 2.87. The highest BCUT2D eigenvalue weighted by atomic mass is 16.5.